The summed E-state index contributed by atoms with van der Waals surface area (Å²) in [6.45, 7) is 1.97. The molecular weight excluding hydrogens is 272 g/mol. The zero-order chi connectivity index (χ0) is 14.8. The van der Waals surface area contributed by atoms with Gasteiger partial charge in [-0.3, -0.25) is 0 Å². The minimum absolute atomic E-state index is 0.0170. The molecule has 1 aromatic rings. The van der Waals surface area contributed by atoms with E-state index >= 15 is 0 Å². The molecule has 0 aliphatic heterocycles. The van der Waals surface area contributed by atoms with Crippen molar-refractivity contribution >= 4 is 9.84 Å². The van der Waals surface area contributed by atoms with Crippen molar-refractivity contribution < 1.29 is 13.5 Å². The Kier molecular flexibility index (Phi) is 4.55. The maximum Gasteiger partial charge on any atom is 0.150 e. The Bertz CT molecular complexity index is 538. The summed E-state index contributed by atoms with van der Waals surface area (Å²) in [5.74, 6) is 0.0170. The summed E-state index contributed by atoms with van der Waals surface area (Å²) in [5, 5.41) is 10.8. The highest BCUT2D eigenvalue weighted by Gasteiger charge is 2.41. The van der Waals surface area contributed by atoms with Crippen LogP contribution in [0, 0.1) is 5.92 Å². The van der Waals surface area contributed by atoms with Crippen LogP contribution in [-0.2, 0) is 15.4 Å². The number of hydrogen-bond acceptors (Lipinski definition) is 3. The van der Waals surface area contributed by atoms with Gasteiger partial charge in [0.1, 0.15) is 9.84 Å². The summed E-state index contributed by atoms with van der Waals surface area (Å²) in [7, 11) is -3.02. The SMILES string of the molecule is CCC(O)(c1ccccc1)C1CCCC(S(C)(=O)=O)C1. The van der Waals surface area contributed by atoms with E-state index in [0.717, 1.165) is 24.8 Å². The second kappa shape index (κ2) is 5.86. The van der Waals surface area contributed by atoms with E-state index < -0.39 is 15.4 Å². The molecule has 1 aromatic carbocycles. The summed E-state index contributed by atoms with van der Waals surface area (Å²) >= 11 is 0. The quantitative estimate of drug-likeness (QED) is 0.929. The molecule has 4 heteroatoms. The van der Waals surface area contributed by atoms with E-state index in [-0.39, 0.29) is 11.2 Å². The summed E-state index contributed by atoms with van der Waals surface area (Å²) in [6.07, 6.45) is 4.98. The van der Waals surface area contributed by atoms with Crippen molar-refractivity contribution in [2.75, 3.05) is 6.26 Å². The maximum atomic E-state index is 11.8. The fraction of sp³-hybridized carbons (Fsp3) is 0.625. The first kappa shape index (κ1) is 15.5. The Morgan fingerprint density at radius 1 is 1.25 bits per heavy atom. The predicted molar refractivity (Wildman–Crippen MR) is 81.2 cm³/mol. The lowest BCUT2D eigenvalue weighted by Crippen LogP contribution is -2.40. The first-order valence-electron chi connectivity index (χ1n) is 7.34. The van der Waals surface area contributed by atoms with Crippen LogP contribution in [0.1, 0.15) is 44.6 Å². The van der Waals surface area contributed by atoms with Crippen LogP contribution in [0.4, 0.5) is 0 Å². The van der Waals surface area contributed by atoms with Gasteiger partial charge in [0.05, 0.1) is 10.9 Å². The van der Waals surface area contributed by atoms with Crippen molar-refractivity contribution in [2.45, 2.75) is 49.9 Å². The lowest BCUT2D eigenvalue weighted by atomic mass is 9.72. The van der Waals surface area contributed by atoms with Crippen molar-refractivity contribution in [1.82, 2.24) is 0 Å². The standard InChI is InChI=1S/C16H24O3S/c1-3-16(17,13-8-5-4-6-9-13)14-10-7-11-15(12-14)20(2,18)19/h4-6,8-9,14-15,17H,3,7,10-12H2,1-2H3. The molecule has 1 aliphatic carbocycles. The van der Waals surface area contributed by atoms with Gasteiger partial charge in [0, 0.05) is 6.26 Å². The molecule has 0 saturated heterocycles. The Morgan fingerprint density at radius 2 is 1.90 bits per heavy atom. The van der Waals surface area contributed by atoms with E-state index in [1.807, 2.05) is 37.3 Å². The Morgan fingerprint density at radius 3 is 2.45 bits per heavy atom. The van der Waals surface area contributed by atoms with Crippen LogP contribution in [0.15, 0.2) is 30.3 Å². The molecule has 20 heavy (non-hydrogen) atoms. The summed E-state index contributed by atoms with van der Waals surface area (Å²) in [4.78, 5) is 0. The average molecular weight is 296 g/mol. The molecule has 0 bridgehead atoms. The third-order valence-corrected chi connectivity index (χ3v) is 6.36. The lowest BCUT2D eigenvalue weighted by Gasteiger charge is -2.40. The van der Waals surface area contributed by atoms with E-state index in [9.17, 15) is 13.5 Å². The molecule has 0 heterocycles. The van der Waals surface area contributed by atoms with E-state index in [4.69, 9.17) is 0 Å². The molecule has 3 atom stereocenters. The monoisotopic (exact) mass is 296 g/mol. The topological polar surface area (TPSA) is 54.4 Å². The minimum Gasteiger partial charge on any atom is -0.385 e. The summed E-state index contributed by atoms with van der Waals surface area (Å²) in [5.41, 5.74) is -0.00778. The van der Waals surface area contributed by atoms with Crippen molar-refractivity contribution in [3.63, 3.8) is 0 Å². The van der Waals surface area contributed by atoms with Gasteiger partial charge >= 0.3 is 0 Å². The smallest absolute Gasteiger partial charge is 0.150 e. The Balaban J connectivity index is 2.28. The second-order valence-electron chi connectivity index (χ2n) is 5.96. The summed E-state index contributed by atoms with van der Waals surface area (Å²) in [6, 6.07) is 9.65. The molecule has 0 spiro atoms. The second-order valence-corrected chi connectivity index (χ2v) is 8.28. The molecule has 0 radical (unpaired) electrons. The van der Waals surface area contributed by atoms with Gasteiger partial charge in [0.2, 0.25) is 0 Å². The van der Waals surface area contributed by atoms with Crippen molar-refractivity contribution in [3.8, 4) is 0 Å². The molecule has 1 fully saturated rings. The first-order valence-corrected chi connectivity index (χ1v) is 9.30. The molecule has 2 rings (SSSR count). The van der Waals surface area contributed by atoms with Gasteiger partial charge in [-0.05, 0) is 37.2 Å². The highest BCUT2D eigenvalue weighted by molar-refractivity contribution is 7.91. The third kappa shape index (κ3) is 3.07. The van der Waals surface area contributed by atoms with E-state index in [1.54, 1.807) is 0 Å². The third-order valence-electron chi connectivity index (χ3n) is 4.72. The van der Waals surface area contributed by atoms with Gasteiger partial charge < -0.3 is 5.11 Å². The fourth-order valence-corrected chi connectivity index (χ4v) is 4.60. The van der Waals surface area contributed by atoms with Crippen LogP contribution in [0.25, 0.3) is 0 Å². The van der Waals surface area contributed by atoms with Crippen molar-refractivity contribution in [2.24, 2.45) is 5.92 Å². The van der Waals surface area contributed by atoms with Crippen LogP contribution in [-0.4, -0.2) is 25.0 Å². The van der Waals surface area contributed by atoms with Gasteiger partial charge in [-0.2, -0.15) is 0 Å². The zero-order valence-electron chi connectivity index (χ0n) is 12.2. The number of sulfone groups is 1. The molecule has 0 amide bonds. The van der Waals surface area contributed by atoms with E-state index in [1.165, 1.54) is 6.26 Å². The van der Waals surface area contributed by atoms with Crippen LogP contribution in [0.5, 0.6) is 0 Å². The predicted octanol–water partition coefficient (Wildman–Crippen LogP) is 2.89. The van der Waals surface area contributed by atoms with Gasteiger partial charge in [-0.25, -0.2) is 8.42 Å². The van der Waals surface area contributed by atoms with Crippen LogP contribution in [0.3, 0.4) is 0 Å². The zero-order valence-corrected chi connectivity index (χ0v) is 13.1. The van der Waals surface area contributed by atoms with Crippen molar-refractivity contribution in [3.05, 3.63) is 35.9 Å². The van der Waals surface area contributed by atoms with Gasteiger partial charge in [-0.15, -0.1) is 0 Å². The van der Waals surface area contributed by atoms with Gasteiger partial charge in [-0.1, -0.05) is 43.7 Å². The molecule has 1 saturated carbocycles. The van der Waals surface area contributed by atoms with Crippen LogP contribution in [0.2, 0.25) is 0 Å². The molecular formula is C16H24O3S. The fourth-order valence-electron chi connectivity index (χ4n) is 3.42. The molecule has 3 unspecified atom stereocenters. The molecule has 1 N–H and O–H groups in total. The number of hydrogen-bond donors (Lipinski definition) is 1. The Labute approximate surface area is 121 Å². The minimum atomic E-state index is -3.02. The number of aliphatic hydroxyl groups is 1. The van der Waals surface area contributed by atoms with Crippen LogP contribution < -0.4 is 0 Å². The van der Waals surface area contributed by atoms with Crippen LogP contribution >= 0.6 is 0 Å². The van der Waals surface area contributed by atoms with E-state index in [0.29, 0.717) is 12.8 Å². The van der Waals surface area contributed by atoms with E-state index in [2.05, 4.69) is 0 Å². The normalized spacial score (nSPS) is 26.9. The first-order chi connectivity index (χ1) is 9.38. The molecule has 112 valence electrons. The highest BCUT2D eigenvalue weighted by atomic mass is 32.2. The number of rotatable bonds is 4. The maximum absolute atomic E-state index is 11.8. The highest BCUT2D eigenvalue weighted by Crippen LogP contribution is 2.42. The van der Waals surface area contributed by atoms with Crippen molar-refractivity contribution in [1.29, 1.82) is 0 Å². The largest absolute Gasteiger partial charge is 0.385 e. The number of benzene rings is 1. The molecule has 0 aromatic heterocycles. The lowest BCUT2D eigenvalue weighted by molar-refractivity contribution is -0.0415. The molecule has 1 aliphatic rings. The van der Waals surface area contributed by atoms with Gasteiger partial charge in [0.15, 0.2) is 0 Å². The summed E-state index contributed by atoms with van der Waals surface area (Å²) < 4.78 is 23.6. The average Bonchev–Trinajstić information content (AvgIpc) is 2.46. The Hall–Kier alpha value is -0.870. The van der Waals surface area contributed by atoms with Gasteiger partial charge in [0.25, 0.3) is 0 Å². The molecule has 3 nitrogen and oxygen atoms in total.